The molecule has 1 aliphatic rings. The van der Waals surface area contributed by atoms with Gasteiger partial charge < -0.3 is 10.1 Å². The number of hydrogen-bond acceptors (Lipinski definition) is 4. The third-order valence-electron chi connectivity index (χ3n) is 5.15. The summed E-state index contributed by atoms with van der Waals surface area (Å²) in [6, 6.07) is 17.1. The van der Waals surface area contributed by atoms with Crippen LogP contribution in [-0.4, -0.2) is 5.91 Å². The fourth-order valence-corrected chi connectivity index (χ4v) is 3.40. The van der Waals surface area contributed by atoms with E-state index in [-0.39, 0.29) is 5.91 Å². The summed E-state index contributed by atoms with van der Waals surface area (Å²) in [5.74, 6) is 0.730. The van der Waals surface area contributed by atoms with Crippen LogP contribution in [-0.2, 0) is 22.5 Å². The average Bonchev–Trinajstić information content (AvgIpc) is 3.22. The Kier molecular flexibility index (Phi) is 9.62. The van der Waals surface area contributed by atoms with Crippen LogP contribution >= 0.6 is 11.6 Å². The standard InChI is InChI=1S/C16H17ClN2O2.C9H9N/c1-2-11-7-14(15(8-11)21-10-18)16(20)19-9-12-3-5-13(17)6-4-12;1-2-8-4-3-5-9(6-8)7-10/h3-6,11H,2,7-9H2,1H3,(H,19,20);3-6H,2H2,1H3. The molecule has 6 heteroatoms. The second-order valence-corrected chi connectivity index (χ2v) is 7.69. The highest BCUT2D eigenvalue weighted by molar-refractivity contribution is 6.30. The first kappa shape index (κ1) is 24.0. The van der Waals surface area contributed by atoms with Crippen LogP contribution in [0.4, 0.5) is 0 Å². The molecule has 2 aromatic carbocycles. The zero-order valence-corrected chi connectivity index (χ0v) is 18.6. The first-order valence-electron chi connectivity index (χ1n) is 10.3. The van der Waals surface area contributed by atoms with Crippen molar-refractivity contribution in [1.29, 1.82) is 10.5 Å². The summed E-state index contributed by atoms with van der Waals surface area (Å²) in [6.07, 6.45) is 4.95. The normalized spacial score (nSPS) is 14.7. The lowest BCUT2D eigenvalue weighted by Gasteiger charge is -2.08. The smallest absolute Gasteiger partial charge is 0.291 e. The van der Waals surface area contributed by atoms with Crippen molar-refractivity contribution in [2.75, 3.05) is 0 Å². The minimum Gasteiger partial charge on any atom is -0.392 e. The first-order valence-corrected chi connectivity index (χ1v) is 10.7. The van der Waals surface area contributed by atoms with Gasteiger partial charge in [-0.05, 0) is 54.2 Å². The van der Waals surface area contributed by atoms with E-state index in [9.17, 15) is 4.79 Å². The Morgan fingerprint density at radius 1 is 1.13 bits per heavy atom. The van der Waals surface area contributed by atoms with Crippen molar-refractivity contribution < 1.29 is 9.53 Å². The van der Waals surface area contributed by atoms with Crippen LogP contribution in [0, 0.1) is 28.8 Å². The van der Waals surface area contributed by atoms with E-state index < -0.39 is 0 Å². The molecule has 1 amide bonds. The summed E-state index contributed by atoms with van der Waals surface area (Å²) >= 11 is 5.82. The maximum atomic E-state index is 12.2. The summed E-state index contributed by atoms with van der Waals surface area (Å²) in [6.45, 7) is 4.58. The maximum Gasteiger partial charge on any atom is 0.291 e. The van der Waals surface area contributed by atoms with Crippen molar-refractivity contribution in [1.82, 2.24) is 5.32 Å². The number of carbonyl (C=O) groups excluding carboxylic acids is 1. The molecular formula is C25H26ClN3O2. The molecular weight excluding hydrogens is 410 g/mol. The second kappa shape index (κ2) is 12.4. The van der Waals surface area contributed by atoms with E-state index in [4.69, 9.17) is 26.9 Å². The molecule has 3 rings (SSSR count). The predicted molar refractivity (Wildman–Crippen MR) is 121 cm³/mol. The highest BCUT2D eigenvalue weighted by atomic mass is 35.5. The van der Waals surface area contributed by atoms with Crippen molar-refractivity contribution in [3.63, 3.8) is 0 Å². The van der Waals surface area contributed by atoms with E-state index >= 15 is 0 Å². The molecule has 0 radical (unpaired) electrons. The van der Waals surface area contributed by atoms with Crippen LogP contribution in [0.2, 0.25) is 5.02 Å². The number of benzene rings is 2. The minimum atomic E-state index is -0.161. The molecule has 0 heterocycles. The average molecular weight is 436 g/mol. The number of aryl methyl sites for hydroxylation is 1. The van der Waals surface area contributed by atoms with E-state index in [1.807, 2.05) is 36.4 Å². The monoisotopic (exact) mass is 435 g/mol. The molecule has 1 N–H and O–H groups in total. The molecule has 2 aromatic rings. The maximum absolute atomic E-state index is 12.2. The fraction of sp³-hybridized carbons (Fsp3) is 0.320. The topological polar surface area (TPSA) is 85.9 Å². The van der Waals surface area contributed by atoms with E-state index in [2.05, 4.69) is 25.2 Å². The molecule has 160 valence electrons. The van der Waals surface area contributed by atoms with E-state index in [1.165, 1.54) is 5.56 Å². The zero-order chi connectivity index (χ0) is 22.6. The number of allylic oxidation sites excluding steroid dienone is 1. The Bertz CT molecular complexity index is 1000. The van der Waals surface area contributed by atoms with Crippen molar-refractivity contribution in [3.05, 3.63) is 81.6 Å². The Hall–Kier alpha value is -3.28. The summed E-state index contributed by atoms with van der Waals surface area (Å²) in [5, 5.41) is 20.7. The summed E-state index contributed by atoms with van der Waals surface area (Å²) in [5.41, 5.74) is 3.54. The van der Waals surface area contributed by atoms with E-state index in [1.54, 1.807) is 18.4 Å². The van der Waals surface area contributed by atoms with Gasteiger partial charge in [-0.15, -0.1) is 5.26 Å². The molecule has 0 bridgehead atoms. The quantitative estimate of drug-likeness (QED) is 0.594. The molecule has 0 saturated heterocycles. The predicted octanol–water partition coefficient (Wildman–Crippen LogP) is 5.65. The van der Waals surface area contributed by atoms with Crippen molar-refractivity contribution in [2.24, 2.45) is 5.92 Å². The largest absolute Gasteiger partial charge is 0.392 e. The number of nitriles is 2. The summed E-state index contributed by atoms with van der Waals surface area (Å²) < 4.78 is 4.94. The van der Waals surface area contributed by atoms with Gasteiger partial charge in [-0.3, -0.25) is 4.79 Å². The van der Waals surface area contributed by atoms with Gasteiger partial charge in [0.25, 0.3) is 12.2 Å². The molecule has 0 aliphatic heterocycles. The van der Waals surface area contributed by atoms with Crippen LogP contribution in [0.25, 0.3) is 0 Å². The molecule has 0 fully saturated rings. The number of carbonyl (C=O) groups is 1. The van der Waals surface area contributed by atoms with Gasteiger partial charge in [-0.25, -0.2) is 0 Å². The SMILES string of the molecule is CCC1CC(OC#N)=C(C(=O)NCc2ccc(Cl)cc2)C1.CCc1cccc(C#N)c1. The van der Waals surface area contributed by atoms with Crippen LogP contribution in [0.3, 0.4) is 0 Å². The van der Waals surface area contributed by atoms with Crippen LogP contribution < -0.4 is 5.32 Å². The van der Waals surface area contributed by atoms with Gasteiger partial charge in [0.05, 0.1) is 17.2 Å². The Balaban J connectivity index is 0.000000285. The lowest BCUT2D eigenvalue weighted by atomic mass is 10.0. The van der Waals surface area contributed by atoms with Gasteiger partial charge in [-0.1, -0.05) is 56.1 Å². The van der Waals surface area contributed by atoms with Gasteiger partial charge in [0.1, 0.15) is 5.76 Å². The number of ether oxygens (including phenoxy) is 1. The van der Waals surface area contributed by atoms with Crippen LogP contribution in [0.1, 0.15) is 49.8 Å². The lowest BCUT2D eigenvalue weighted by molar-refractivity contribution is -0.117. The second-order valence-electron chi connectivity index (χ2n) is 7.25. The fourth-order valence-electron chi connectivity index (χ4n) is 3.28. The van der Waals surface area contributed by atoms with Gasteiger partial charge >= 0.3 is 0 Å². The summed E-state index contributed by atoms with van der Waals surface area (Å²) in [4.78, 5) is 12.2. The van der Waals surface area contributed by atoms with Gasteiger partial charge in [-0.2, -0.15) is 5.26 Å². The van der Waals surface area contributed by atoms with Crippen molar-refractivity contribution in [3.8, 4) is 12.3 Å². The van der Waals surface area contributed by atoms with Gasteiger partial charge in [0, 0.05) is 18.0 Å². The van der Waals surface area contributed by atoms with E-state index in [0.29, 0.717) is 41.7 Å². The zero-order valence-electron chi connectivity index (χ0n) is 17.8. The molecule has 0 spiro atoms. The number of amides is 1. The first-order chi connectivity index (χ1) is 15.0. The Morgan fingerprint density at radius 3 is 2.48 bits per heavy atom. The molecule has 0 aromatic heterocycles. The van der Waals surface area contributed by atoms with Crippen LogP contribution in [0.5, 0.6) is 0 Å². The number of nitrogens with one attached hydrogen (secondary N) is 1. The van der Waals surface area contributed by atoms with Crippen LogP contribution in [0.15, 0.2) is 59.9 Å². The molecule has 1 unspecified atom stereocenters. The van der Waals surface area contributed by atoms with E-state index in [0.717, 1.165) is 24.0 Å². The molecule has 31 heavy (non-hydrogen) atoms. The van der Waals surface area contributed by atoms with Crippen molar-refractivity contribution in [2.45, 2.75) is 46.1 Å². The Morgan fingerprint density at radius 2 is 1.87 bits per heavy atom. The third kappa shape index (κ3) is 7.48. The highest BCUT2D eigenvalue weighted by Crippen LogP contribution is 2.34. The number of halogens is 1. The number of nitrogens with zero attached hydrogens (tertiary/aromatic N) is 2. The third-order valence-corrected chi connectivity index (χ3v) is 5.41. The number of hydrogen-bond donors (Lipinski definition) is 1. The molecule has 1 aliphatic carbocycles. The molecule has 0 saturated carbocycles. The van der Waals surface area contributed by atoms with Gasteiger partial charge in [0.2, 0.25) is 0 Å². The minimum absolute atomic E-state index is 0.161. The molecule has 1 atom stereocenters. The number of rotatable bonds is 6. The lowest BCUT2D eigenvalue weighted by Crippen LogP contribution is -2.24. The summed E-state index contributed by atoms with van der Waals surface area (Å²) in [7, 11) is 0. The Labute approximate surface area is 188 Å². The highest BCUT2D eigenvalue weighted by Gasteiger charge is 2.29. The molecule has 5 nitrogen and oxygen atoms in total. The van der Waals surface area contributed by atoms with Gasteiger partial charge in [0.15, 0.2) is 0 Å². The van der Waals surface area contributed by atoms with Crippen molar-refractivity contribution >= 4 is 17.5 Å².